The smallest absolute Gasteiger partial charge is 0.330 e. The first kappa shape index (κ1) is 13.4. The highest BCUT2D eigenvalue weighted by Crippen LogP contribution is 1.85. The fraction of sp³-hybridized carbons (Fsp3) is 1.00. The van der Waals surface area contributed by atoms with Crippen molar-refractivity contribution in [3.05, 3.63) is 0 Å². The Bertz CT molecular complexity index is 146. The first-order valence-electron chi connectivity index (χ1n) is 2.41. The summed E-state index contributed by atoms with van der Waals surface area (Å²) in [4.78, 5) is 0. The van der Waals surface area contributed by atoms with Gasteiger partial charge in [0, 0.05) is 0 Å². The Hall–Kier alpha value is -0.210. The van der Waals surface area contributed by atoms with Crippen molar-refractivity contribution in [1.29, 1.82) is 0 Å². The second-order valence-electron chi connectivity index (χ2n) is 1.45. The molecule has 6 nitrogen and oxygen atoms in total. The van der Waals surface area contributed by atoms with Crippen LogP contribution in [0.25, 0.3) is 0 Å². The summed E-state index contributed by atoms with van der Waals surface area (Å²) in [6, 6.07) is 0. The quantitative estimate of drug-likeness (QED) is 0.492. The Balaban J connectivity index is 0. The van der Waals surface area contributed by atoms with Gasteiger partial charge in [-0.2, -0.15) is 8.42 Å². The van der Waals surface area contributed by atoms with Crippen LogP contribution in [0.4, 0.5) is 0 Å². The lowest BCUT2D eigenvalue weighted by Gasteiger charge is -1.76. The summed E-state index contributed by atoms with van der Waals surface area (Å²) < 4.78 is 34.6. The SMILES string of the molecule is C.C1COCO1.NS(=O)(=O)O. The Morgan fingerprint density at radius 2 is 1.55 bits per heavy atom. The van der Waals surface area contributed by atoms with E-state index >= 15 is 0 Å². The molecule has 0 aliphatic carbocycles. The van der Waals surface area contributed by atoms with Crippen LogP contribution in [-0.4, -0.2) is 33.0 Å². The molecule has 0 amide bonds. The van der Waals surface area contributed by atoms with Crippen LogP contribution in [0.3, 0.4) is 0 Å². The molecular weight excluding hydrogens is 174 g/mol. The molecule has 0 atom stereocenters. The number of ether oxygens (including phenoxy) is 2. The van der Waals surface area contributed by atoms with Gasteiger partial charge in [-0.05, 0) is 0 Å². The predicted octanol–water partition coefficient (Wildman–Crippen LogP) is -0.625. The van der Waals surface area contributed by atoms with E-state index in [1.807, 2.05) is 0 Å². The minimum Gasteiger partial charge on any atom is -0.353 e. The third-order valence-corrected chi connectivity index (χ3v) is 0.539. The molecule has 1 heterocycles. The van der Waals surface area contributed by atoms with Gasteiger partial charge >= 0.3 is 10.3 Å². The summed E-state index contributed by atoms with van der Waals surface area (Å²) in [5.74, 6) is 0. The highest BCUT2D eigenvalue weighted by molar-refractivity contribution is 7.83. The van der Waals surface area contributed by atoms with Crippen LogP contribution in [0.2, 0.25) is 0 Å². The second-order valence-corrected chi connectivity index (χ2v) is 2.48. The van der Waals surface area contributed by atoms with Crippen molar-refractivity contribution >= 4 is 10.3 Å². The topological polar surface area (TPSA) is 98.9 Å². The molecule has 3 N–H and O–H groups in total. The molecule has 0 aromatic carbocycles. The van der Waals surface area contributed by atoms with Crippen LogP contribution < -0.4 is 5.14 Å². The highest BCUT2D eigenvalue weighted by Gasteiger charge is 1.93. The molecule has 70 valence electrons. The maximum Gasteiger partial charge on any atom is 0.330 e. The Morgan fingerprint density at radius 3 is 1.64 bits per heavy atom. The molecule has 1 rings (SSSR count). The fourth-order valence-corrected chi connectivity index (χ4v) is 0.295. The van der Waals surface area contributed by atoms with Crippen molar-refractivity contribution in [2.24, 2.45) is 5.14 Å². The zero-order chi connectivity index (χ0) is 8.04. The Kier molecular flexibility index (Phi) is 7.91. The summed E-state index contributed by atoms with van der Waals surface area (Å²) in [6.45, 7) is 2.06. The van der Waals surface area contributed by atoms with E-state index in [0.717, 1.165) is 13.2 Å². The van der Waals surface area contributed by atoms with Gasteiger partial charge in [-0.25, -0.2) is 5.14 Å². The van der Waals surface area contributed by atoms with E-state index in [2.05, 4.69) is 5.14 Å². The third kappa shape index (κ3) is 25.9. The van der Waals surface area contributed by atoms with E-state index < -0.39 is 10.3 Å². The minimum absolute atomic E-state index is 0. The summed E-state index contributed by atoms with van der Waals surface area (Å²) in [7, 11) is -4.17. The van der Waals surface area contributed by atoms with Gasteiger partial charge in [-0.1, -0.05) is 7.43 Å². The number of hydrogen-bond donors (Lipinski definition) is 2. The van der Waals surface area contributed by atoms with Gasteiger partial charge in [0.1, 0.15) is 6.79 Å². The molecule has 11 heavy (non-hydrogen) atoms. The molecule has 0 unspecified atom stereocenters. The van der Waals surface area contributed by atoms with Crippen LogP contribution in [-0.2, 0) is 19.8 Å². The molecule has 0 aromatic rings. The molecule has 1 saturated heterocycles. The first-order chi connectivity index (χ1) is 4.50. The first-order valence-corrected chi connectivity index (χ1v) is 3.91. The molecule has 0 spiro atoms. The number of hydrogen-bond acceptors (Lipinski definition) is 4. The molecule has 0 bridgehead atoms. The summed E-state index contributed by atoms with van der Waals surface area (Å²) >= 11 is 0. The monoisotopic (exact) mass is 187 g/mol. The van der Waals surface area contributed by atoms with Crippen LogP contribution in [0, 0.1) is 0 Å². The van der Waals surface area contributed by atoms with Gasteiger partial charge in [-0.3, -0.25) is 4.55 Å². The highest BCUT2D eigenvalue weighted by atomic mass is 32.2. The Labute approximate surface area is 66.2 Å². The van der Waals surface area contributed by atoms with E-state index in [0.29, 0.717) is 6.79 Å². The molecule has 1 aliphatic rings. The molecule has 0 aromatic heterocycles. The number of rotatable bonds is 0. The van der Waals surface area contributed by atoms with Crippen LogP contribution >= 0.6 is 0 Å². The summed E-state index contributed by atoms with van der Waals surface area (Å²) in [6.07, 6.45) is 0. The summed E-state index contributed by atoms with van der Waals surface area (Å²) in [5.41, 5.74) is 0. The predicted molar refractivity (Wildman–Crippen MR) is 39.2 cm³/mol. The van der Waals surface area contributed by atoms with Crippen molar-refractivity contribution < 1.29 is 22.4 Å². The Morgan fingerprint density at radius 1 is 1.27 bits per heavy atom. The van der Waals surface area contributed by atoms with Gasteiger partial charge < -0.3 is 9.47 Å². The standard InChI is InChI=1S/C3H6O2.CH4.H3NO3S/c1-2-5-3-4-1;;1-5(2,3)4/h1-3H2;1H4;(H3,1,2,3,4). The number of nitrogens with two attached hydrogens (primary N) is 1. The summed E-state index contributed by atoms with van der Waals surface area (Å²) in [5, 5.41) is 3.88. The fourth-order valence-electron chi connectivity index (χ4n) is 0.295. The normalized spacial score (nSPS) is 16.2. The molecule has 7 heteroatoms. The lowest BCUT2D eigenvalue weighted by molar-refractivity contribution is 0.0692. The van der Waals surface area contributed by atoms with Crippen molar-refractivity contribution in [3.8, 4) is 0 Å². The van der Waals surface area contributed by atoms with Crippen LogP contribution in [0.15, 0.2) is 0 Å². The van der Waals surface area contributed by atoms with Gasteiger partial charge in [0.15, 0.2) is 0 Å². The van der Waals surface area contributed by atoms with E-state index in [4.69, 9.17) is 22.4 Å². The average Bonchev–Trinajstić information content (AvgIpc) is 2.07. The maximum absolute atomic E-state index is 8.97. The second kappa shape index (κ2) is 6.50. The molecular formula is C4H13NO5S. The van der Waals surface area contributed by atoms with Crippen molar-refractivity contribution in [3.63, 3.8) is 0 Å². The third-order valence-electron chi connectivity index (χ3n) is 0.539. The van der Waals surface area contributed by atoms with Crippen molar-refractivity contribution in [1.82, 2.24) is 0 Å². The van der Waals surface area contributed by atoms with Gasteiger partial charge in [0.25, 0.3) is 0 Å². The molecule has 0 saturated carbocycles. The minimum atomic E-state index is -4.17. The van der Waals surface area contributed by atoms with Crippen LogP contribution in [0.5, 0.6) is 0 Å². The molecule has 1 aliphatic heterocycles. The van der Waals surface area contributed by atoms with Crippen LogP contribution in [0.1, 0.15) is 7.43 Å². The average molecular weight is 187 g/mol. The zero-order valence-electron chi connectivity index (χ0n) is 5.19. The molecule has 0 radical (unpaired) electrons. The van der Waals surface area contributed by atoms with E-state index in [1.54, 1.807) is 0 Å². The van der Waals surface area contributed by atoms with E-state index in [9.17, 15) is 0 Å². The van der Waals surface area contributed by atoms with Crippen molar-refractivity contribution in [2.75, 3.05) is 20.0 Å². The van der Waals surface area contributed by atoms with Gasteiger partial charge in [0.05, 0.1) is 13.2 Å². The van der Waals surface area contributed by atoms with Crippen molar-refractivity contribution in [2.45, 2.75) is 7.43 Å². The molecule has 1 fully saturated rings. The zero-order valence-corrected chi connectivity index (χ0v) is 6.00. The van der Waals surface area contributed by atoms with Gasteiger partial charge in [0.2, 0.25) is 0 Å². The van der Waals surface area contributed by atoms with E-state index in [1.165, 1.54) is 0 Å². The lowest BCUT2D eigenvalue weighted by Crippen LogP contribution is -2.08. The maximum atomic E-state index is 8.97. The van der Waals surface area contributed by atoms with Gasteiger partial charge in [-0.15, -0.1) is 0 Å². The lowest BCUT2D eigenvalue weighted by atomic mass is 10.8. The van der Waals surface area contributed by atoms with E-state index in [-0.39, 0.29) is 7.43 Å². The largest absolute Gasteiger partial charge is 0.353 e.